The van der Waals surface area contributed by atoms with Crippen molar-refractivity contribution >= 4 is 5.69 Å². The lowest BCUT2D eigenvalue weighted by Gasteiger charge is -2.23. The lowest BCUT2D eigenvalue weighted by Crippen LogP contribution is -2.34. The van der Waals surface area contributed by atoms with E-state index in [4.69, 9.17) is 4.74 Å². The molecular formula is C10H12N2O4. The number of nitrogens with zero attached hydrogens (tertiary/aromatic N) is 1. The maximum absolute atomic E-state index is 10.8. The minimum atomic E-state index is -0.453. The smallest absolute Gasteiger partial charge is 0.274 e. The molecule has 2 N–H and O–H groups in total. The molecule has 1 atom stereocenters. The van der Waals surface area contributed by atoms with Crippen LogP contribution in [-0.2, 0) is 4.74 Å². The minimum Gasteiger partial charge on any atom is -0.508 e. The van der Waals surface area contributed by atoms with Crippen LogP contribution in [-0.4, -0.2) is 29.8 Å². The van der Waals surface area contributed by atoms with Crippen LogP contribution in [0.3, 0.4) is 0 Å². The molecule has 1 saturated heterocycles. The van der Waals surface area contributed by atoms with Crippen molar-refractivity contribution < 1.29 is 14.8 Å². The number of ether oxygens (including phenoxy) is 1. The van der Waals surface area contributed by atoms with Gasteiger partial charge in [0.1, 0.15) is 5.75 Å². The molecule has 6 nitrogen and oxygen atoms in total. The molecule has 0 bridgehead atoms. The van der Waals surface area contributed by atoms with Crippen molar-refractivity contribution in [2.75, 3.05) is 19.8 Å². The van der Waals surface area contributed by atoms with Crippen molar-refractivity contribution in [1.29, 1.82) is 0 Å². The number of phenols is 1. The van der Waals surface area contributed by atoms with Crippen LogP contribution in [0.5, 0.6) is 5.75 Å². The largest absolute Gasteiger partial charge is 0.508 e. The Kier molecular flexibility index (Phi) is 3.02. The van der Waals surface area contributed by atoms with Crippen LogP contribution in [0, 0.1) is 10.1 Å². The molecule has 1 fully saturated rings. The summed E-state index contributed by atoms with van der Waals surface area (Å²) in [6.45, 7) is 1.63. The molecule has 0 amide bonds. The monoisotopic (exact) mass is 224 g/mol. The third-order valence-corrected chi connectivity index (χ3v) is 2.50. The quantitative estimate of drug-likeness (QED) is 0.577. The molecule has 86 valence electrons. The summed E-state index contributed by atoms with van der Waals surface area (Å²) in [6, 6.07) is 3.79. The molecule has 6 heteroatoms. The first-order chi connectivity index (χ1) is 7.68. The van der Waals surface area contributed by atoms with Gasteiger partial charge in [-0.2, -0.15) is 0 Å². The zero-order valence-corrected chi connectivity index (χ0v) is 8.55. The van der Waals surface area contributed by atoms with Crippen LogP contribution in [0.25, 0.3) is 0 Å². The normalized spacial score (nSPS) is 20.6. The fourth-order valence-electron chi connectivity index (χ4n) is 1.75. The van der Waals surface area contributed by atoms with Gasteiger partial charge in [-0.25, -0.2) is 0 Å². The molecule has 1 heterocycles. The summed E-state index contributed by atoms with van der Waals surface area (Å²) < 4.78 is 5.24. The van der Waals surface area contributed by atoms with Crippen LogP contribution in [0.1, 0.15) is 11.6 Å². The van der Waals surface area contributed by atoms with Gasteiger partial charge in [0.25, 0.3) is 5.69 Å². The Hall–Kier alpha value is -1.66. The Bertz CT molecular complexity index is 402. The van der Waals surface area contributed by atoms with E-state index in [0.29, 0.717) is 25.3 Å². The molecule has 16 heavy (non-hydrogen) atoms. The molecule has 0 saturated carbocycles. The van der Waals surface area contributed by atoms with Crippen molar-refractivity contribution in [1.82, 2.24) is 5.32 Å². The average Bonchev–Trinajstić information content (AvgIpc) is 2.29. The number of hydrogen-bond donors (Lipinski definition) is 2. The van der Waals surface area contributed by atoms with Gasteiger partial charge in [0.05, 0.1) is 29.7 Å². The van der Waals surface area contributed by atoms with Gasteiger partial charge < -0.3 is 15.2 Å². The molecule has 2 rings (SSSR count). The lowest BCUT2D eigenvalue weighted by molar-refractivity contribution is -0.385. The third-order valence-electron chi connectivity index (χ3n) is 2.50. The summed E-state index contributed by atoms with van der Waals surface area (Å²) in [5.41, 5.74) is 0.463. The SMILES string of the molecule is O=[N+]([O-])c1ccc(O)cc1[C@H]1COCCN1. The van der Waals surface area contributed by atoms with E-state index in [1.165, 1.54) is 18.2 Å². The van der Waals surface area contributed by atoms with Crippen molar-refractivity contribution in [3.63, 3.8) is 0 Å². The fraction of sp³-hybridized carbons (Fsp3) is 0.400. The highest BCUT2D eigenvalue weighted by Crippen LogP contribution is 2.29. The molecule has 0 radical (unpaired) electrons. The van der Waals surface area contributed by atoms with Gasteiger partial charge in [-0.1, -0.05) is 0 Å². The van der Waals surface area contributed by atoms with Crippen molar-refractivity contribution in [2.45, 2.75) is 6.04 Å². The second-order valence-electron chi connectivity index (χ2n) is 3.58. The van der Waals surface area contributed by atoms with E-state index in [2.05, 4.69) is 5.32 Å². The number of hydrogen-bond acceptors (Lipinski definition) is 5. The van der Waals surface area contributed by atoms with E-state index < -0.39 is 4.92 Å². The van der Waals surface area contributed by atoms with Crippen molar-refractivity contribution in [3.8, 4) is 5.75 Å². The summed E-state index contributed by atoms with van der Waals surface area (Å²) >= 11 is 0. The molecule has 0 spiro atoms. The van der Waals surface area contributed by atoms with Gasteiger partial charge in [0.15, 0.2) is 0 Å². The molecule has 1 aromatic carbocycles. The molecule has 1 aliphatic rings. The van der Waals surface area contributed by atoms with Gasteiger partial charge in [-0.15, -0.1) is 0 Å². The maximum atomic E-state index is 10.8. The number of nitro benzene ring substituents is 1. The van der Waals surface area contributed by atoms with Crippen molar-refractivity contribution in [3.05, 3.63) is 33.9 Å². The molecule has 1 aliphatic heterocycles. The van der Waals surface area contributed by atoms with E-state index >= 15 is 0 Å². The highest BCUT2D eigenvalue weighted by molar-refractivity contribution is 5.46. The van der Waals surface area contributed by atoms with E-state index in [9.17, 15) is 15.2 Å². The van der Waals surface area contributed by atoms with Gasteiger partial charge in [0.2, 0.25) is 0 Å². The van der Waals surface area contributed by atoms with Gasteiger partial charge >= 0.3 is 0 Å². The third kappa shape index (κ3) is 2.12. The van der Waals surface area contributed by atoms with Crippen LogP contribution >= 0.6 is 0 Å². The predicted molar refractivity (Wildman–Crippen MR) is 56.3 cm³/mol. The Morgan fingerprint density at radius 2 is 2.38 bits per heavy atom. The number of phenolic OH excluding ortho intramolecular Hbond substituents is 1. The maximum Gasteiger partial charge on any atom is 0.274 e. The highest BCUT2D eigenvalue weighted by Gasteiger charge is 2.24. The first-order valence-electron chi connectivity index (χ1n) is 4.97. The second kappa shape index (κ2) is 4.46. The molecular weight excluding hydrogens is 212 g/mol. The number of nitrogens with one attached hydrogen (secondary N) is 1. The van der Waals surface area contributed by atoms with Gasteiger partial charge in [0, 0.05) is 12.6 Å². The highest BCUT2D eigenvalue weighted by atomic mass is 16.6. The van der Waals surface area contributed by atoms with E-state index in [0.717, 1.165) is 0 Å². The first kappa shape index (κ1) is 10.8. The average molecular weight is 224 g/mol. The Balaban J connectivity index is 2.36. The summed E-state index contributed by atoms with van der Waals surface area (Å²) in [5, 5.41) is 23.3. The summed E-state index contributed by atoms with van der Waals surface area (Å²) in [7, 11) is 0. The number of rotatable bonds is 2. The molecule has 0 aliphatic carbocycles. The van der Waals surface area contributed by atoms with E-state index in [-0.39, 0.29) is 17.5 Å². The van der Waals surface area contributed by atoms with Crippen LogP contribution in [0.15, 0.2) is 18.2 Å². The van der Waals surface area contributed by atoms with Crippen LogP contribution < -0.4 is 5.32 Å². The Morgan fingerprint density at radius 1 is 1.56 bits per heavy atom. The van der Waals surface area contributed by atoms with Crippen molar-refractivity contribution in [2.24, 2.45) is 0 Å². The molecule has 0 aromatic heterocycles. The summed E-state index contributed by atoms with van der Waals surface area (Å²) in [6.07, 6.45) is 0. The van der Waals surface area contributed by atoms with Gasteiger partial charge in [-0.05, 0) is 12.1 Å². The lowest BCUT2D eigenvalue weighted by atomic mass is 10.0. The topological polar surface area (TPSA) is 84.6 Å². The zero-order chi connectivity index (χ0) is 11.5. The fourth-order valence-corrected chi connectivity index (χ4v) is 1.75. The van der Waals surface area contributed by atoms with Crippen LogP contribution in [0.2, 0.25) is 0 Å². The molecule has 1 aromatic rings. The summed E-state index contributed by atoms with van der Waals surface area (Å²) in [5.74, 6) is 0.0213. The molecule has 0 unspecified atom stereocenters. The first-order valence-corrected chi connectivity index (χ1v) is 4.97. The van der Waals surface area contributed by atoms with E-state index in [1.54, 1.807) is 0 Å². The number of benzene rings is 1. The standard InChI is InChI=1S/C10H12N2O4/c13-7-1-2-10(12(14)15)8(5-7)9-6-16-4-3-11-9/h1-2,5,9,11,13H,3-4,6H2/t9-/m1/s1. The predicted octanol–water partition coefficient (Wildman–Crippen LogP) is 0.961. The Morgan fingerprint density at radius 3 is 3.00 bits per heavy atom. The summed E-state index contributed by atoms with van der Waals surface area (Å²) in [4.78, 5) is 10.4. The minimum absolute atomic E-state index is 0.000741. The second-order valence-corrected chi connectivity index (χ2v) is 3.58. The van der Waals surface area contributed by atoms with Crippen LogP contribution in [0.4, 0.5) is 5.69 Å². The Labute approximate surface area is 92.0 Å². The number of morpholine rings is 1. The van der Waals surface area contributed by atoms with Gasteiger partial charge in [-0.3, -0.25) is 10.1 Å². The number of aromatic hydroxyl groups is 1. The number of nitro groups is 1. The van der Waals surface area contributed by atoms with E-state index in [1.807, 2.05) is 0 Å². The zero-order valence-electron chi connectivity index (χ0n) is 8.55.